The number of hydrogen-bond acceptors (Lipinski definition) is 4. The van der Waals surface area contributed by atoms with Gasteiger partial charge in [0, 0.05) is 30.7 Å². The van der Waals surface area contributed by atoms with Gasteiger partial charge in [-0.15, -0.1) is 0 Å². The maximum atomic E-state index is 6.63. The summed E-state index contributed by atoms with van der Waals surface area (Å²) < 4.78 is 0. The highest BCUT2D eigenvalue weighted by atomic mass is 15.2. The van der Waals surface area contributed by atoms with Gasteiger partial charge in [0.15, 0.2) is 0 Å². The molecule has 2 aliphatic heterocycles. The minimum atomic E-state index is -0.0972. The Morgan fingerprint density at radius 3 is 2.30 bits per heavy atom. The summed E-state index contributed by atoms with van der Waals surface area (Å²) in [6.07, 6.45) is 7.19. The van der Waals surface area contributed by atoms with E-state index in [-0.39, 0.29) is 6.04 Å². The number of likely N-dealkylation sites (N-methyl/N-ethyl adjacent to an activating group) is 1. The van der Waals surface area contributed by atoms with E-state index in [0.29, 0.717) is 12.2 Å². The molecule has 168 valence electrons. The van der Waals surface area contributed by atoms with Gasteiger partial charge < -0.3 is 15.5 Å². The largest absolute Gasteiger partial charge is 0.397 e. The topological polar surface area (TPSA) is 44.9 Å². The van der Waals surface area contributed by atoms with Crippen LogP contribution < -0.4 is 5.73 Å². The second-order valence-corrected chi connectivity index (χ2v) is 8.58. The van der Waals surface area contributed by atoms with Gasteiger partial charge in [-0.1, -0.05) is 74.7 Å². The van der Waals surface area contributed by atoms with Crippen molar-refractivity contribution in [3.63, 3.8) is 0 Å². The fourth-order valence-electron chi connectivity index (χ4n) is 4.31. The lowest BCUT2D eigenvalue weighted by Crippen LogP contribution is -2.27. The minimum absolute atomic E-state index is 0.0972. The van der Waals surface area contributed by atoms with Crippen molar-refractivity contribution in [3.8, 4) is 0 Å². The highest BCUT2D eigenvalue weighted by molar-refractivity contribution is 5.85. The van der Waals surface area contributed by atoms with Crippen LogP contribution in [0.1, 0.15) is 36.6 Å². The third-order valence-corrected chi connectivity index (χ3v) is 6.37. The van der Waals surface area contributed by atoms with E-state index in [9.17, 15) is 0 Å². The maximum Gasteiger partial charge on any atom is 0.0881 e. The number of rotatable bonds is 6. The summed E-state index contributed by atoms with van der Waals surface area (Å²) in [5, 5.41) is 0. The van der Waals surface area contributed by atoms with Crippen molar-refractivity contribution in [1.82, 2.24) is 9.80 Å². The number of allylic oxidation sites excluding steroid dienone is 2. The number of aliphatic imine (C=N–C) groups is 1. The second kappa shape index (κ2) is 9.37. The molecule has 2 aromatic rings. The number of nitrogens with two attached hydrogens (primary N) is 1. The van der Waals surface area contributed by atoms with E-state index < -0.39 is 0 Å². The smallest absolute Gasteiger partial charge is 0.0881 e. The molecule has 0 spiro atoms. The third-order valence-electron chi connectivity index (χ3n) is 6.37. The molecule has 4 rings (SSSR count). The lowest BCUT2D eigenvalue weighted by atomic mass is 9.99. The first kappa shape index (κ1) is 22.4. The van der Waals surface area contributed by atoms with Crippen molar-refractivity contribution in [1.29, 1.82) is 0 Å². The maximum absolute atomic E-state index is 6.63. The third kappa shape index (κ3) is 4.42. The SMILES string of the molecule is C=C1C(C)=CC(N2C(=C)C(N)=C(C=NCc3ccc(CC)cc3)C2c2ccccc2)=CN1C. The highest BCUT2D eigenvalue weighted by Crippen LogP contribution is 2.44. The number of benzene rings is 2. The predicted molar refractivity (Wildman–Crippen MR) is 138 cm³/mol. The van der Waals surface area contributed by atoms with Crippen LogP contribution in [-0.4, -0.2) is 23.1 Å². The quantitative estimate of drug-likeness (QED) is 0.578. The Bertz CT molecular complexity index is 1180. The van der Waals surface area contributed by atoms with Crippen LogP contribution in [0, 0.1) is 0 Å². The summed E-state index contributed by atoms with van der Waals surface area (Å²) in [5.41, 5.74) is 15.8. The van der Waals surface area contributed by atoms with E-state index in [1.165, 1.54) is 11.1 Å². The molecule has 2 aliphatic rings. The van der Waals surface area contributed by atoms with Gasteiger partial charge in [-0.3, -0.25) is 4.99 Å². The van der Waals surface area contributed by atoms with E-state index in [2.05, 4.69) is 92.7 Å². The number of aryl methyl sites for hydroxylation is 1. The molecule has 4 nitrogen and oxygen atoms in total. The summed E-state index contributed by atoms with van der Waals surface area (Å²) in [4.78, 5) is 9.02. The summed E-state index contributed by atoms with van der Waals surface area (Å²) in [6.45, 7) is 13.4. The van der Waals surface area contributed by atoms with Crippen LogP contribution in [0.25, 0.3) is 0 Å². The van der Waals surface area contributed by atoms with Gasteiger partial charge in [0.25, 0.3) is 0 Å². The zero-order chi connectivity index (χ0) is 23.5. The van der Waals surface area contributed by atoms with Crippen LogP contribution in [0.3, 0.4) is 0 Å². The Kier molecular flexibility index (Phi) is 6.36. The van der Waals surface area contributed by atoms with Gasteiger partial charge in [-0.2, -0.15) is 0 Å². The molecule has 0 saturated heterocycles. The van der Waals surface area contributed by atoms with Crippen LogP contribution in [0.4, 0.5) is 0 Å². The molecule has 0 bridgehead atoms. The molecule has 4 heteroatoms. The molecule has 2 N–H and O–H groups in total. The lowest BCUT2D eigenvalue weighted by molar-refractivity contribution is 0.390. The lowest BCUT2D eigenvalue weighted by Gasteiger charge is -2.34. The molecule has 2 aromatic carbocycles. The predicted octanol–water partition coefficient (Wildman–Crippen LogP) is 5.85. The molecule has 1 atom stereocenters. The molecular formula is C29H32N4. The molecule has 0 aliphatic carbocycles. The molecule has 0 amide bonds. The Balaban J connectivity index is 1.69. The highest BCUT2D eigenvalue weighted by Gasteiger charge is 2.36. The van der Waals surface area contributed by atoms with Gasteiger partial charge in [0.05, 0.1) is 29.7 Å². The van der Waals surface area contributed by atoms with Gasteiger partial charge in [0.1, 0.15) is 0 Å². The molecule has 33 heavy (non-hydrogen) atoms. The standard InChI is InChI=1S/C29H32N4/c1-6-23-12-14-24(15-13-23)17-31-18-27-28(30)22(4)33(29(27)25-10-8-7-9-11-25)26-16-20(2)21(3)32(5)19-26/h7-16,18-19,29H,3-4,6,17,30H2,1-2,5H3. The zero-order valence-corrected chi connectivity index (χ0v) is 19.8. The molecule has 0 fully saturated rings. The Labute approximate surface area is 197 Å². The monoisotopic (exact) mass is 436 g/mol. The molecule has 0 saturated carbocycles. The van der Waals surface area contributed by atoms with Crippen molar-refractivity contribution >= 4 is 6.21 Å². The first-order chi connectivity index (χ1) is 15.9. The summed E-state index contributed by atoms with van der Waals surface area (Å²) >= 11 is 0. The van der Waals surface area contributed by atoms with Crippen LogP contribution in [0.5, 0.6) is 0 Å². The Morgan fingerprint density at radius 1 is 1.00 bits per heavy atom. The zero-order valence-electron chi connectivity index (χ0n) is 19.8. The summed E-state index contributed by atoms with van der Waals surface area (Å²) in [5.74, 6) is 0. The first-order valence-corrected chi connectivity index (χ1v) is 11.3. The van der Waals surface area contributed by atoms with Crippen LogP contribution in [0.2, 0.25) is 0 Å². The van der Waals surface area contributed by atoms with Crippen molar-refractivity contribution in [2.75, 3.05) is 7.05 Å². The first-order valence-electron chi connectivity index (χ1n) is 11.3. The van der Waals surface area contributed by atoms with E-state index in [1.54, 1.807) is 0 Å². The summed E-state index contributed by atoms with van der Waals surface area (Å²) in [6, 6.07) is 18.9. The van der Waals surface area contributed by atoms with Crippen LogP contribution in [-0.2, 0) is 13.0 Å². The van der Waals surface area contributed by atoms with E-state index >= 15 is 0 Å². The van der Waals surface area contributed by atoms with Gasteiger partial charge in [0.2, 0.25) is 0 Å². The average Bonchev–Trinajstić information content (AvgIpc) is 3.08. The molecule has 1 unspecified atom stereocenters. The van der Waals surface area contributed by atoms with Crippen molar-refractivity contribution in [2.45, 2.75) is 32.9 Å². The molecule has 0 aromatic heterocycles. The fraction of sp³-hybridized carbons (Fsp3) is 0.207. The second-order valence-electron chi connectivity index (χ2n) is 8.58. The van der Waals surface area contributed by atoms with E-state index in [1.807, 2.05) is 24.2 Å². The summed E-state index contributed by atoms with van der Waals surface area (Å²) in [7, 11) is 2.01. The Hall–Kier alpha value is -3.79. The molecular weight excluding hydrogens is 404 g/mol. The van der Waals surface area contributed by atoms with Crippen molar-refractivity contribution < 1.29 is 0 Å². The Morgan fingerprint density at radius 2 is 1.67 bits per heavy atom. The van der Waals surface area contributed by atoms with Crippen LogP contribution in [0.15, 0.2) is 119 Å². The van der Waals surface area contributed by atoms with Crippen molar-refractivity contribution in [2.24, 2.45) is 10.7 Å². The molecule has 2 heterocycles. The normalized spacial score (nSPS) is 18.9. The molecule has 0 radical (unpaired) electrons. The minimum Gasteiger partial charge on any atom is -0.397 e. The van der Waals surface area contributed by atoms with Crippen molar-refractivity contribution in [3.05, 3.63) is 131 Å². The van der Waals surface area contributed by atoms with E-state index in [0.717, 1.165) is 40.2 Å². The van der Waals surface area contributed by atoms with Crippen LogP contribution >= 0.6 is 0 Å². The average molecular weight is 437 g/mol. The van der Waals surface area contributed by atoms with Gasteiger partial charge in [-0.05, 0) is 41.7 Å². The fourth-order valence-corrected chi connectivity index (χ4v) is 4.31. The van der Waals surface area contributed by atoms with E-state index in [4.69, 9.17) is 10.7 Å². The van der Waals surface area contributed by atoms with Gasteiger partial charge in [-0.25, -0.2) is 0 Å². The van der Waals surface area contributed by atoms with Gasteiger partial charge >= 0.3 is 0 Å². The number of hydrogen-bond donors (Lipinski definition) is 1. The number of nitrogens with zero attached hydrogens (tertiary/aromatic N) is 3.